The van der Waals surface area contributed by atoms with Crippen molar-refractivity contribution < 1.29 is 17.9 Å². The lowest BCUT2D eigenvalue weighted by Crippen LogP contribution is -2.57. The van der Waals surface area contributed by atoms with Gasteiger partial charge in [0, 0.05) is 22.0 Å². The molecular weight excluding hydrogens is 597 g/mol. The number of rotatable bonds is 8. The maximum atomic E-state index is 14.1. The van der Waals surface area contributed by atoms with Crippen molar-refractivity contribution in [2.24, 2.45) is 5.92 Å². The van der Waals surface area contributed by atoms with Crippen molar-refractivity contribution in [3.8, 4) is 0 Å². The highest BCUT2D eigenvalue weighted by molar-refractivity contribution is 9.10. The number of sulfone groups is 1. The van der Waals surface area contributed by atoms with Gasteiger partial charge in [-0.2, -0.15) is 0 Å². The first-order valence-corrected chi connectivity index (χ1v) is 15.6. The maximum absolute atomic E-state index is 14.1. The second-order valence-corrected chi connectivity index (χ2v) is 15.3. The monoisotopic (exact) mass is 627 g/mol. The van der Waals surface area contributed by atoms with E-state index in [-0.39, 0.29) is 17.6 Å². The van der Waals surface area contributed by atoms with Crippen molar-refractivity contribution in [3.05, 3.63) is 80.8 Å². The Labute approximate surface area is 238 Å². The van der Waals surface area contributed by atoms with Gasteiger partial charge < -0.3 is 9.64 Å². The second-order valence-electron chi connectivity index (χ2n) is 10.8. The molecule has 200 valence electrons. The predicted octanol–water partition coefficient (Wildman–Crippen LogP) is 7.33. The zero-order chi connectivity index (χ0) is 27.1. The topological polar surface area (TPSA) is 63.7 Å². The summed E-state index contributed by atoms with van der Waals surface area (Å²) < 4.78 is 33.2. The summed E-state index contributed by atoms with van der Waals surface area (Å²) in [7, 11) is -3.51. The molecule has 1 heterocycles. The fourth-order valence-corrected chi connectivity index (χ4v) is 6.73. The molecule has 1 aliphatic carbocycles. The summed E-state index contributed by atoms with van der Waals surface area (Å²) >= 11 is 16.1. The van der Waals surface area contributed by atoms with Gasteiger partial charge in [-0.25, -0.2) is 8.42 Å². The van der Waals surface area contributed by atoms with E-state index in [9.17, 15) is 13.2 Å². The molecule has 4 atom stereocenters. The normalized spacial score (nSPS) is 23.7. The van der Waals surface area contributed by atoms with Crippen LogP contribution in [0.15, 0.2) is 59.6 Å². The number of nitrogens with zero attached hydrogens (tertiary/aromatic N) is 1. The first kappa shape index (κ1) is 28.6. The SMILES string of the molecule is C=CC[C@@H]1O[C@H](c2ccc(Br)c(Cl)c2)[C@@H](c2ccc(Cl)cc2)N([C@H](CS(=O)(=O)C(C)(C)C)C2CC2)C1=O. The lowest BCUT2D eigenvalue weighted by atomic mass is 9.89. The minimum atomic E-state index is -3.51. The van der Waals surface area contributed by atoms with Crippen LogP contribution >= 0.6 is 39.1 Å². The van der Waals surface area contributed by atoms with Crippen LogP contribution < -0.4 is 0 Å². The summed E-state index contributed by atoms with van der Waals surface area (Å²) in [6, 6.07) is 11.9. The molecular formula is C28H32BrCl2NO4S. The number of morpholine rings is 1. The van der Waals surface area contributed by atoms with Crippen molar-refractivity contribution in [3.63, 3.8) is 0 Å². The molecule has 2 aromatic rings. The molecule has 37 heavy (non-hydrogen) atoms. The highest BCUT2D eigenvalue weighted by atomic mass is 79.9. The van der Waals surface area contributed by atoms with E-state index in [1.165, 1.54) is 0 Å². The summed E-state index contributed by atoms with van der Waals surface area (Å²) in [4.78, 5) is 15.9. The van der Waals surface area contributed by atoms with Crippen molar-refractivity contribution >= 4 is 54.9 Å². The van der Waals surface area contributed by atoms with Gasteiger partial charge in [0.25, 0.3) is 5.91 Å². The Bertz CT molecular complexity index is 1270. The molecule has 1 amide bonds. The van der Waals surface area contributed by atoms with E-state index in [0.717, 1.165) is 28.4 Å². The van der Waals surface area contributed by atoms with E-state index in [1.807, 2.05) is 30.3 Å². The smallest absolute Gasteiger partial charge is 0.252 e. The van der Waals surface area contributed by atoms with Gasteiger partial charge in [0.05, 0.1) is 21.6 Å². The van der Waals surface area contributed by atoms with Gasteiger partial charge in [-0.1, -0.05) is 47.5 Å². The standard InChI is InChI=1S/C28H32BrCl2NO4S/c1-5-6-24-27(33)32(23(17-7-8-17)16-37(34,35)28(2,3)4)25(18-9-12-20(30)13-10-18)26(36-24)19-11-14-21(29)22(31)15-19/h5,9-15,17,23-26H,1,6-8,16H2,2-4H3/t23-,24+,25-,26-/m1/s1. The molecule has 9 heteroatoms. The number of carbonyl (C=O) groups excluding carboxylic acids is 1. The van der Waals surface area contributed by atoms with Gasteiger partial charge in [-0.3, -0.25) is 4.79 Å². The van der Waals surface area contributed by atoms with Gasteiger partial charge in [0.15, 0.2) is 9.84 Å². The number of halogens is 3. The van der Waals surface area contributed by atoms with Gasteiger partial charge >= 0.3 is 0 Å². The molecule has 0 unspecified atom stereocenters. The van der Waals surface area contributed by atoms with E-state index in [4.69, 9.17) is 27.9 Å². The van der Waals surface area contributed by atoms with Gasteiger partial charge in [-0.05, 0) is 90.9 Å². The fraction of sp³-hybridized carbons (Fsp3) is 0.464. The summed E-state index contributed by atoms with van der Waals surface area (Å²) in [6.45, 7) is 8.94. The summed E-state index contributed by atoms with van der Waals surface area (Å²) in [5.74, 6) is -0.223. The molecule has 0 N–H and O–H groups in total. The molecule has 1 saturated carbocycles. The van der Waals surface area contributed by atoms with E-state index in [1.54, 1.807) is 43.9 Å². The van der Waals surface area contributed by atoms with Crippen LogP contribution in [0.1, 0.15) is 63.3 Å². The van der Waals surface area contributed by atoms with E-state index in [2.05, 4.69) is 22.5 Å². The Morgan fingerprint density at radius 3 is 2.30 bits per heavy atom. The minimum absolute atomic E-state index is 0.104. The van der Waals surface area contributed by atoms with E-state index >= 15 is 0 Å². The van der Waals surface area contributed by atoms with E-state index < -0.39 is 38.9 Å². The molecule has 1 aliphatic heterocycles. The molecule has 0 bridgehead atoms. The Hall–Kier alpha value is -1.38. The first-order valence-electron chi connectivity index (χ1n) is 12.4. The van der Waals surface area contributed by atoms with Crippen molar-refractivity contribution in [1.29, 1.82) is 0 Å². The molecule has 0 spiro atoms. The highest BCUT2D eigenvalue weighted by Gasteiger charge is 2.51. The molecule has 2 aliphatic rings. The molecule has 0 aromatic heterocycles. The molecule has 2 fully saturated rings. The van der Waals surface area contributed by atoms with Crippen molar-refractivity contribution in [1.82, 2.24) is 4.90 Å². The highest BCUT2D eigenvalue weighted by Crippen LogP contribution is 2.49. The third kappa shape index (κ3) is 6.11. The third-order valence-corrected chi connectivity index (χ3v) is 11.3. The second kappa shape index (κ2) is 11.0. The number of amides is 1. The van der Waals surface area contributed by atoms with E-state index in [0.29, 0.717) is 16.5 Å². The van der Waals surface area contributed by atoms with Crippen LogP contribution in [0.5, 0.6) is 0 Å². The average molecular weight is 629 g/mol. The molecule has 5 nitrogen and oxygen atoms in total. The molecule has 2 aromatic carbocycles. The van der Waals surface area contributed by atoms with Crippen LogP contribution in [-0.2, 0) is 19.4 Å². The summed E-state index contributed by atoms with van der Waals surface area (Å²) in [5, 5.41) is 1.09. The lowest BCUT2D eigenvalue weighted by molar-refractivity contribution is -0.178. The molecule has 1 saturated heterocycles. The third-order valence-electron chi connectivity index (χ3n) is 7.14. The molecule has 0 radical (unpaired) electrons. The number of carbonyl (C=O) groups is 1. The van der Waals surface area contributed by atoms with Crippen LogP contribution in [0.2, 0.25) is 10.0 Å². The Balaban J connectivity index is 1.89. The quantitative estimate of drug-likeness (QED) is 0.287. The number of benzene rings is 2. The summed E-state index contributed by atoms with van der Waals surface area (Å²) in [5.41, 5.74) is 1.62. The van der Waals surface area contributed by atoms with Gasteiger partial charge in [0.1, 0.15) is 12.2 Å². The van der Waals surface area contributed by atoms with Crippen LogP contribution in [0, 0.1) is 5.92 Å². The average Bonchev–Trinajstić information content (AvgIpc) is 3.66. The zero-order valence-electron chi connectivity index (χ0n) is 21.2. The lowest BCUT2D eigenvalue weighted by Gasteiger charge is -2.48. The van der Waals surface area contributed by atoms with Crippen LogP contribution in [0.25, 0.3) is 0 Å². The summed E-state index contributed by atoms with van der Waals surface area (Å²) in [6.07, 6.45) is 2.37. The zero-order valence-corrected chi connectivity index (χ0v) is 25.1. The molecule has 4 rings (SSSR count). The predicted molar refractivity (Wildman–Crippen MR) is 153 cm³/mol. The number of hydrogen-bond donors (Lipinski definition) is 0. The largest absolute Gasteiger partial charge is 0.358 e. The van der Waals surface area contributed by atoms with Gasteiger partial charge in [-0.15, -0.1) is 6.58 Å². The number of ether oxygens (including phenoxy) is 1. The first-order chi connectivity index (χ1) is 17.3. The van der Waals surface area contributed by atoms with Crippen LogP contribution in [0.3, 0.4) is 0 Å². The fourth-order valence-electron chi connectivity index (χ4n) is 4.78. The van der Waals surface area contributed by atoms with Crippen LogP contribution in [-0.4, -0.2) is 41.9 Å². The van der Waals surface area contributed by atoms with Gasteiger partial charge in [0.2, 0.25) is 0 Å². The van der Waals surface area contributed by atoms with Crippen molar-refractivity contribution in [2.45, 2.75) is 69.1 Å². The maximum Gasteiger partial charge on any atom is 0.252 e. The number of hydrogen-bond acceptors (Lipinski definition) is 4. The minimum Gasteiger partial charge on any atom is -0.358 e. The Morgan fingerprint density at radius 1 is 1.14 bits per heavy atom. The Kier molecular flexibility index (Phi) is 8.52. The Morgan fingerprint density at radius 2 is 1.76 bits per heavy atom. The van der Waals surface area contributed by atoms with Crippen molar-refractivity contribution in [2.75, 3.05) is 5.75 Å². The van der Waals surface area contributed by atoms with Crippen LogP contribution in [0.4, 0.5) is 0 Å².